The van der Waals surface area contributed by atoms with E-state index in [1.807, 2.05) is 54.6 Å². The van der Waals surface area contributed by atoms with Crippen molar-refractivity contribution in [2.75, 3.05) is 4.90 Å². The molecule has 0 spiro atoms. The minimum absolute atomic E-state index is 0.00707. The third-order valence-electron chi connectivity index (χ3n) is 4.21. The maximum Gasteiger partial charge on any atom is 0.234 e. The summed E-state index contributed by atoms with van der Waals surface area (Å²) >= 11 is 0. The number of rotatable bonds is 3. The topological polar surface area (TPSA) is 37.4 Å². The van der Waals surface area contributed by atoms with E-state index in [1.165, 1.54) is 10.5 Å². The number of hydrogen-bond acceptors (Lipinski definition) is 2. The van der Waals surface area contributed by atoms with Crippen molar-refractivity contribution >= 4 is 17.5 Å². The Hall–Kier alpha value is -2.42. The van der Waals surface area contributed by atoms with Gasteiger partial charge in [-0.25, -0.2) is 0 Å². The summed E-state index contributed by atoms with van der Waals surface area (Å²) < 4.78 is 0. The highest BCUT2D eigenvalue weighted by Gasteiger charge is 2.34. The number of amides is 2. The zero-order valence-electron chi connectivity index (χ0n) is 12.7. The second kappa shape index (κ2) is 6.14. The predicted molar refractivity (Wildman–Crippen MR) is 86.7 cm³/mol. The molecule has 112 valence electrons. The van der Waals surface area contributed by atoms with E-state index >= 15 is 0 Å². The van der Waals surface area contributed by atoms with E-state index < -0.39 is 0 Å². The quantitative estimate of drug-likeness (QED) is 0.809. The van der Waals surface area contributed by atoms with Crippen molar-refractivity contribution in [2.45, 2.75) is 32.1 Å². The predicted octanol–water partition coefficient (Wildman–Crippen LogP) is 3.69. The van der Waals surface area contributed by atoms with E-state index in [2.05, 4.69) is 6.92 Å². The van der Waals surface area contributed by atoms with E-state index in [0.29, 0.717) is 18.5 Å². The van der Waals surface area contributed by atoms with Crippen molar-refractivity contribution in [3.8, 4) is 0 Å². The first-order valence-electron chi connectivity index (χ1n) is 7.68. The van der Waals surface area contributed by atoms with Gasteiger partial charge in [-0.3, -0.25) is 14.5 Å². The molecule has 2 amide bonds. The molecule has 0 radical (unpaired) electrons. The van der Waals surface area contributed by atoms with E-state index in [-0.39, 0.29) is 17.7 Å². The van der Waals surface area contributed by atoms with E-state index in [4.69, 9.17) is 0 Å². The van der Waals surface area contributed by atoms with Crippen LogP contribution in [-0.4, -0.2) is 11.8 Å². The normalized spacial score (nSPS) is 16.1. The lowest BCUT2D eigenvalue weighted by molar-refractivity contribution is -0.129. The fraction of sp³-hybridized carbons (Fsp3) is 0.263. The van der Waals surface area contributed by atoms with Gasteiger partial charge in [-0.05, 0) is 29.7 Å². The Bertz CT molecular complexity index is 658. The molecule has 3 rings (SSSR count). The third-order valence-corrected chi connectivity index (χ3v) is 4.21. The Labute approximate surface area is 130 Å². The minimum Gasteiger partial charge on any atom is -0.274 e. The lowest BCUT2D eigenvalue weighted by atomic mass is 9.88. The van der Waals surface area contributed by atoms with Crippen LogP contribution >= 0.6 is 0 Å². The molecule has 0 unspecified atom stereocenters. The molecule has 1 aliphatic rings. The molecular formula is C19H19NO2. The highest BCUT2D eigenvalue weighted by molar-refractivity contribution is 6.17. The van der Waals surface area contributed by atoms with Crippen LogP contribution in [0.3, 0.4) is 0 Å². The summed E-state index contributed by atoms with van der Waals surface area (Å²) in [4.78, 5) is 26.2. The number of anilines is 1. The summed E-state index contributed by atoms with van der Waals surface area (Å²) in [7, 11) is 0. The van der Waals surface area contributed by atoms with Gasteiger partial charge >= 0.3 is 0 Å². The van der Waals surface area contributed by atoms with Crippen LogP contribution in [0.4, 0.5) is 5.69 Å². The van der Waals surface area contributed by atoms with Gasteiger partial charge in [0.25, 0.3) is 0 Å². The summed E-state index contributed by atoms with van der Waals surface area (Å²) in [5, 5.41) is 0. The smallest absolute Gasteiger partial charge is 0.234 e. The summed E-state index contributed by atoms with van der Waals surface area (Å²) in [6, 6.07) is 17.5. The van der Waals surface area contributed by atoms with Gasteiger partial charge in [0.1, 0.15) is 0 Å². The lowest BCUT2D eigenvalue weighted by Gasteiger charge is -2.30. The number of imide groups is 1. The molecule has 0 bridgehead atoms. The molecule has 1 fully saturated rings. The standard InChI is InChI=1S/C19H19NO2/c1-2-14-8-10-17(11-9-14)20-18(21)12-16(13-19(20)22)15-6-4-3-5-7-15/h3-11,16H,2,12-13H2,1H3. The molecule has 0 aliphatic carbocycles. The molecule has 1 heterocycles. The Kier molecular flexibility index (Phi) is 4.05. The van der Waals surface area contributed by atoms with Gasteiger partial charge in [-0.1, -0.05) is 49.4 Å². The number of hydrogen-bond donors (Lipinski definition) is 0. The number of benzene rings is 2. The lowest BCUT2D eigenvalue weighted by Crippen LogP contribution is -2.42. The van der Waals surface area contributed by atoms with Crippen LogP contribution in [0.2, 0.25) is 0 Å². The number of piperidine rings is 1. The largest absolute Gasteiger partial charge is 0.274 e. The maximum absolute atomic E-state index is 12.4. The molecule has 2 aromatic carbocycles. The van der Waals surface area contributed by atoms with Crippen molar-refractivity contribution < 1.29 is 9.59 Å². The Balaban J connectivity index is 1.81. The van der Waals surface area contributed by atoms with Crippen LogP contribution in [-0.2, 0) is 16.0 Å². The highest BCUT2D eigenvalue weighted by Crippen LogP contribution is 2.32. The summed E-state index contributed by atoms with van der Waals surface area (Å²) in [6.45, 7) is 2.08. The van der Waals surface area contributed by atoms with Gasteiger partial charge in [-0.15, -0.1) is 0 Å². The number of carbonyl (C=O) groups excluding carboxylic acids is 2. The monoisotopic (exact) mass is 293 g/mol. The average Bonchev–Trinajstić information content (AvgIpc) is 2.55. The molecule has 3 nitrogen and oxygen atoms in total. The van der Waals surface area contributed by atoms with Gasteiger partial charge in [-0.2, -0.15) is 0 Å². The van der Waals surface area contributed by atoms with Crippen LogP contribution in [0, 0.1) is 0 Å². The van der Waals surface area contributed by atoms with Crippen LogP contribution in [0.1, 0.15) is 36.8 Å². The van der Waals surface area contributed by atoms with E-state index in [9.17, 15) is 9.59 Å². The fourth-order valence-electron chi connectivity index (χ4n) is 2.95. The first kappa shape index (κ1) is 14.5. The van der Waals surface area contributed by atoms with Gasteiger partial charge in [0.05, 0.1) is 5.69 Å². The molecule has 0 atom stereocenters. The van der Waals surface area contributed by atoms with E-state index in [0.717, 1.165) is 12.0 Å². The first-order valence-corrected chi connectivity index (χ1v) is 7.68. The molecular weight excluding hydrogens is 274 g/mol. The molecule has 22 heavy (non-hydrogen) atoms. The SMILES string of the molecule is CCc1ccc(N2C(=O)CC(c3ccccc3)CC2=O)cc1. The number of aryl methyl sites for hydroxylation is 1. The van der Waals surface area contributed by atoms with Crippen LogP contribution in [0.5, 0.6) is 0 Å². The van der Waals surface area contributed by atoms with Crippen molar-refractivity contribution in [3.05, 3.63) is 65.7 Å². The second-order valence-corrected chi connectivity index (χ2v) is 5.66. The van der Waals surface area contributed by atoms with Crippen LogP contribution in [0.15, 0.2) is 54.6 Å². The molecule has 1 saturated heterocycles. The first-order chi connectivity index (χ1) is 10.7. The number of carbonyl (C=O) groups is 2. The second-order valence-electron chi connectivity index (χ2n) is 5.66. The van der Waals surface area contributed by atoms with Crippen molar-refractivity contribution in [2.24, 2.45) is 0 Å². The molecule has 1 aliphatic heterocycles. The van der Waals surface area contributed by atoms with Crippen LogP contribution < -0.4 is 4.90 Å². The van der Waals surface area contributed by atoms with Crippen LogP contribution in [0.25, 0.3) is 0 Å². The summed E-state index contributed by atoms with van der Waals surface area (Å²) in [6.07, 6.45) is 1.70. The highest BCUT2D eigenvalue weighted by atomic mass is 16.2. The van der Waals surface area contributed by atoms with Crippen molar-refractivity contribution in [1.82, 2.24) is 0 Å². The zero-order valence-corrected chi connectivity index (χ0v) is 12.7. The fourth-order valence-corrected chi connectivity index (χ4v) is 2.95. The van der Waals surface area contributed by atoms with Crippen molar-refractivity contribution in [1.29, 1.82) is 0 Å². The maximum atomic E-state index is 12.4. The van der Waals surface area contributed by atoms with Crippen molar-refractivity contribution in [3.63, 3.8) is 0 Å². The Morgan fingerprint density at radius 3 is 2.05 bits per heavy atom. The Morgan fingerprint density at radius 2 is 1.50 bits per heavy atom. The van der Waals surface area contributed by atoms with E-state index in [1.54, 1.807) is 0 Å². The Morgan fingerprint density at radius 1 is 0.909 bits per heavy atom. The van der Waals surface area contributed by atoms with Gasteiger partial charge in [0, 0.05) is 18.8 Å². The van der Waals surface area contributed by atoms with Gasteiger partial charge < -0.3 is 0 Å². The zero-order chi connectivity index (χ0) is 15.5. The van der Waals surface area contributed by atoms with Gasteiger partial charge in [0.2, 0.25) is 11.8 Å². The number of nitrogens with zero attached hydrogens (tertiary/aromatic N) is 1. The molecule has 0 N–H and O–H groups in total. The average molecular weight is 293 g/mol. The summed E-state index contributed by atoms with van der Waals surface area (Å²) in [5.41, 5.74) is 2.94. The molecule has 2 aromatic rings. The van der Waals surface area contributed by atoms with Gasteiger partial charge in [0.15, 0.2) is 0 Å². The molecule has 0 aromatic heterocycles. The third kappa shape index (κ3) is 2.80. The summed E-state index contributed by atoms with van der Waals surface area (Å²) in [5.74, 6) is -0.240. The minimum atomic E-state index is -0.116. The molecule has 3 heteroatoms. The molecule has 0 saturated carbocycles.